The average Bonchev–Trinajstić information content (AvgIpc) is 2.86. The molecule has 0 aromatic heterocycles. The van der Waals surface area contributed by atoms with E-state index in [0.717, 1.165) is 31.6 Å². The molecule has 0 spiro atoms. The first kappa shape index (κ1) is 15.1. The predicted molar refractivity (Wildman–Crippen MR) is 71.7 cm³/mol. The minimum atomic E-state index is -0.797. The Morgan fingerprint density at radius 2 is 2.25 bits per heavy atom. The Morgan fingerprint density at radius 1 is 1.50 bits per heavy atom. The van der Waals surface area contributed by atoms with Gasteiger partial charge in [-0.3, -0.25) is 9.69 Å². The number of carbonyl (C=O) groups is 1. The van der Waals surface area contributed by atoms with E-state index in [2.05, 4.69) is 0 Å². The topological polar surface area (TPSA) is 29.5 Å². The molecule has 0 N–H and O–H groups in total. The maximum atomic E-state index is 13.6. The van der Waals surface area contributed by atoms with Crippen molar-refractivity contribution in [3.63, 3.8) is 0 Å². The maximum Gasteiger partial charge on any atom is 0.182 e. The molecule has 0 saturated carbocycles. The van der Waals surface area contributed by atoms with Crippen molar-refractivity contribution in [3.05, 3.63) is 35.4 Å². The van der Waals surface area contributed by atoms with Crippen LogP contribution < -0.4 is 0 Å². The van der Waals surface area contributed by atoms with Crippen LogP contribution in [0.5, 0.6) is 0 Å². The second-order valence-electron chi connectivity index (χ2n) is 5.27. The Bertz CT molecular complexity index is 493. The lowest BCUT2D eigenvalue weighted by Gasteiger charge is -2.23. The van der Waals surface area contributed by atoms with Crippen LogP contribution in [0.2, 0.25) is 0 Å². The van der Waals surface area contributed by atoms with Crippen LogP contribution in [0.3, 0.4) is 0 Å². The van der Waals surface area contributed by atoms with Crippen molar-refractivity contribution in [2.24, 2.45) is 5.92 Å². The third kappa shape index (κ3) is 3.22. The van der Waals surface area contributed by atoms with Crippen molar-refractivity contribution < 1.29 is 18.3 Å². The summed E-state index contributed by atoms with van der Waals surface area (Å²) >= 11 is 0. The zero-order chi connectivity index (χ0) is 14.7. The van der Waals surface area contributed by atoms with Gasteiger partial charge in [-0.1, -0.05) is 0 Å². The van der Waals surface area contributed by atoms with Crippen LogP contribution in [-0.4, -0.2) is 43.5 Å². The van der Waals surface area contributed by atoms with Gasteiger partial charge in [0, 0.05) is 19.7 Å². The first-order valence-electron chi connectivity index (χ1n) is 6.75. The quantitative estimate of drug-likeness (QED) is 0.778. The second kappa shape index (κ2) is 6.41. The van der Waals surface area contributed by atoms with Gasteiger partial charge in [0.1, 0.15) is 11.6 Å². The highest BCUT2D eigenvalue weighted by atomic mass is 19.1. The molecule has 0 amide bonds. The molecule has 2 unspecified atom stereocenters. The van der Waals surface area contributed by atoms with Gasteiger partial charge in [-0.25, -0.2) is 8.78 Å². The number of carbonyl (C=O) groups excluding carboxylic acids is 1. The van der Waals surface area contributed by atoms with E-state index in [-0.39, 0.29) is 11.3 Å². The highest BCUT2D eigenvalue weighted by Crippen LogP contribution is 2.21. The molecular formula is C15H19F2NO2. The fraction of sp³-hybridized carbons (Fsp3) is 0.533. The van der Waals surface area contributed by atoms with Crippen LogP contribution in [0.1, 0.15) is 23.7 Å². The number of methoxy groups -OCH3 is 1. The van der Waals surface area contributed by atoms with Gasteiger partial charge >= 0.3 is 0 Å². The van der Waals surface area contributed by atoms with Gasteiger partial charge in [-0.15, -0.1) is 0 Å². The molecule has 2 atom stereocenters. The van der Waals surface area contributed by atoms with E-state index < -0.39 is 17.7 Å². The number of halogens is 2. The molecule has 0 bridgehead atoms. The first-order chi connectivity index (χ1) is 9.52. The fourth-order valence-corrected chi connectivity index (χ4v) is 2.67. The Balaban J connectivity index is 2.05. The summed E-state index contributed by atoms with van der Waals surface area (Å²) in [6.45, 7) is 4.00. The lowest BCUT2D eigenvalue weighted by molar-refractivity contribution is 0.0848. The fourth-order valence-electron chi connectivity index (χ4n) is 2.67. The number of benzene rings is 1. The Morgan fingerprint density at radius 3 is 2.90 bits per heavy atom. The summed E-state index contributed by atoms with van der Waals surface area (Å²) in [4.78, 5) is 14.3. The van der Waals surface area contributed by atoms with Gasteiger partial charge in [0.15, 0.2) is 5.78 Å². The molecule has 20 heavy (non-hydrogen) atoms. The van der Waals surface area contributed by atoms with Crippen molar-refractivity contribution in [2.45, 2.75) is 19.4 Å². The minimum absolute atomic E-state index is 0.0471. The highest BCUT2D eigenvalue weighted by Gasteiger charge is 2.30. The smallest absolute Gasteiger partial charge is 0.182 e. The van der Waals surface area contributed by atoms with Crippen LogP contribution >= 0.6 is 0 Å². The van der Waals surface area contributed by atoms with Crippen LogP contribution in [0.4, 0.5) is 8.78 Å². The van der Waals surface area contributed by atoms with Crippen LogP contribution in [0.15, 0.2) is 18.2 Å². The standard InChI is InChI=1S/C15H19F2NO2/c1-10(18-6-5-11(8-18)9-20-2)15(19)13-4-3-12(16)7-14(13)17/h3-4,7,10-11H,5-6,8-9H2,1-2H3. The molecule has 3 nitrogen and oxygen atoms in total. The molecule has 1 heterocycles. The SMILES string of the molecule is COCC1CCN(C(C)C(=O)c2ccc(F)cc2F)C1. The third-order valence-electron chi connectivity index (χ3n) is 3.84. The summed E-state index contributed by atoms with van der Waals surface area (Å²) in [5.41, 5.74) is -0.0471. The van der Waals surface area contributed by atoms with E-state index in [1.165, 1.54) is 6.07 Å². The predicted octanol–water partition coefficient (Wildman–Crippen LogP) is 2.50. The summed E-state index contributed by atoms with van der Waals surface area (Å²) in [6, 6.07) is 2.67. The molecule has 1 saturated heterocycles. The number of ether oxygens (including phenoxy) is 1. The Hall–Kier alpha value is -1.33. The summed E-state index contributed by atoms with van der Waals surface area (Å²) in [6.07, 6.45) is 0.970. The summed E-state index contributed by atoms with van der Waals surface area (Å²) < 4.78 is 31.6. The van der Waals surface area contributed by atoms with Gasteiger partial charge < -0.3 is 4.74 Å². The molecule has 110 valence electrons. The molecular weight excluding hydrogens is 264 g/mol. The summed E-state index contributed by atoms with van der Waals surface area (Å²) in [5, 5.41) is 0. The first-order valence-corrected chi connectivity index (χ1v) is 6.75. The minimum Gasteiger partial charge on any atom is -0.384 e. The van der Waals surface area contributed by atoms with Crippen molar-refractivity contribution in [1.29, 1.82) is 0 Å². The maximum absolute atomic E-state index is 13.6. The molecule has 5 heteroatoms. The van der Waals surface area contributed by atoms with Crippen molar-refractivity contribution in [3.8, 4) is 0 Å². The molecule has 1 aromatic carbocycles. The molecule has 0 aliphatic carbocycles. The van der Waals surface area contributed by atoms with Crippen molar-refractivity contribution >= 4 is 5.78 Å². The molecule has 1 aliphatic rings. The summed E-state index contributed by atoms with van der Waals surface area (Å²) in [5.74, 6) is -1.36. The van der Waals surface area contributed by atoms with E-state index in [1.807, 2.05) is 4.90 Å². The van der Waals surface area contributed by atoms with Gasteiger partial charge in [-0.05, 0) is 37.9 Å². The largest absolute Gasteiger partial charge is 0.384 e. The number of hydrogen-bond donors (Lipinski definition) is 0. The number of hydrogen-bond acceptors (Lipinski definition) is 3. The van der Waals surface area contributed by atoms with Gasteiger partial charge in [0.25, 0.3) is 0 Å². The van der Waals surface area contributed by atoms with E-state index in [9.17, 15) is 13.6 Å². The van der Waals surface area contributed by atoms with Crippen LogP contribution in [-0.2, 0) is 4.74 Å². The average molecular weight is 283 g/mol. The lowest BCUT2D eigenvalue weighted by Crippen LogP contribution is -2.38. The van der Waals surface area contributed by atoms with Gasteiger partial charge in [0.05, 0.1) is 18.2 Å². The molecule has 1 aromatic rings. The number of ketones is 1. The summed E-state index contributed by atoms with van der Waals surface area (Å²) in [7, 11) is 1.66. The van der Waals surface area contributed by atoms with Crippen molar-refractivity contribution in [1.82, 2.24) is 4.90 Å². The lowest BCUT2D eigenvalue weighted by atomic mass is 10.0. The molecule has 1 fully saturated rings. The Labute approximate surface area is 117 Å². The van der Waals surface area contributed by atoms with Crippen molar-refractivity contribution in [2.75, 3.05) is 26.8 Å². The molecule has 2 rings (SSSR count). The van der Waals surface area contributed by atoms with E-state index in [1.54, 1.807) is 14.0 Å². The van der Waals surface area contributed by atoms with E-state index in [0.29, 0.717) is 12.5 Å². The molecule has 1 aliphatic heterocycles. The zero-order valence-corrected chi connectivity index (χ0v) is 11.7. The van der Waals surface area contributed by atoms with Gasteiger partial charge in [-0.2, -0.15) is 0 Å². The van der Waals surface area contributed by atoms with E-state index >= 15 is 0 Å². The number of likely N-dealkylation sites (tertiary alicyclic amines) is 1. The third-order valence-corrected chi connectivity index (χ3v) is 3.84. The monoisotopic (exact) mass is 283 g/mol. The second-order valence-corrected chi connectivity index (χ2v) is 5.27. The number of Topliss-reactive ketones (excluding diaryl/α,β-unsaturated/α-hetero) is 1. The van der Waals surface area contributed by atoms with E-state index in [4.69, 9.17) is 4.74 Å². The van der Waals surface area contributed by atoms with Crippen LogP contribution in [0.25, 0.3) is 0 Å². The van der Waals surface area contributed by atoms with Gasteiger partial charge in [0.2, 0.25) is 0 Å². The number of rotatable bonds is 5. The van der Waals surface area contributed by atoms with Crippen LogP contribution in [0, 0.1) is 17.6 Å². The Kier molecular flexibility index (Phi) is 4.83. The zero-order valence-electron chi connectivity index (χ0n) is 11.7. The normalized spacial score (nSPS) is 21.1. The molecule has 0 radical (unpaired) electrons. The highest BCUT2D eigenvalue weighted by molar-refractivity contribution is 6.00. The number of nitrogens with zero attached hydrogens (tertiary/aromatic N) is 1.